The molecule has 16 heavy (non-hydrogen) atoms. The highest BCUT2D eigenvalue weighted by Crippen LogP contribution is 2.05. The molecule has 2 heteroatoms. The van der Waals surface area contributed by atoms with Crippen LogP contribution in [0.1, 0.15) is 37.4 Å². The molecule has 0 saturated heterocycles. The molecule has 1 N–H and O–H groups in total. The number of unbranched alkanes of at least 4 members (excludes halogenated alkanes) is 1. The van der Waals surface area contributed by atoms with Crippen LogP contribution in [-0.4, -0.2) is 11.0 Å². The first kappa shape index (κ1) is 12.9. The summed E-state index contributed by atoms with van der Waals surface area (Å²) in [4.78, 5) is 4.37. The van der Waals surface area contributed by atoms with E-state index in [1.807, 2.05) is 18.3 Å². The SMILES string of the molecule is C=CCCCC(C)NCc1ncccc1C. The molecule has 88 valence electrons. The molecular formula is C14H22N2. The fourth-order valence-electron chi connectivity index (χ4n) is 1.64. The molecule has 1 heterocycles. The third-order valence-corrected chi connectivity index (χ3v) is 2.78. The number of nitrogens with zero attached hydrogens (tertiary/aromatic N) is 1. The van der Waals surface area contributed by atoms with Gasteiger partial charge in [-0.2, -0.15) is 0 Å². The maximum atomic E-state index is 4.37. The van der Waals surface area contributed by atoms with Crippen molar-refractivity contribution in [3.63, 3.8) is 0 Å². The summed E-state index contributed by atoms with van der Waals surface area (Å²) in [6, 6.07) is 4.63. The Hall–Kier alpha value is -1.15. The molecule has 2 nitrogen and oxygen atoms in total. The first-order valence-electron chi connectivity index (χ1n) is 5.99. The first-order valence-corrected chi connectivity index (χ1v) is 5.99. The number of aromatic nitrogens is 1. The third-order valence-electron chi connectivity index (χ3n) is 2.78. The molecule has 1 rings (SSSR count). The molecule has 0 aliphatic rings. The van der Waals surface area contributed by atoms with Crippen LogP contribution in [0.3, 0.4) is 0 Å². The fraction of sp³-hybridized carbons (Fsp3) is 0.500. The van der Waals surface area contributed by atoms with E-state index in [2.05, 4.69) is 36.8 Å². The number of hydrogen-bond donors (Lipinski definition) is 1. The smallest absolute Gasteiger partial charge is 0.0570 e. The molecule has 0 aliphatic heterocycles. The quantitative estimate of drug-likeness (QED) is 0.561. The molecule has 1 atom stereocenters. The van der Waals surface area contributed by atoms with E-state index in [0.717, 1.165) is 18.7 Å². The third kappa shape index (κ3) is 4.58. The van der Waals surface area contributed by atoms with E-state index >= 15 is 0 Å². The summed E-state index contributed by atoms with van der Waals surface area (Å²) >= 11 is 0. The van der Waals surface area contributed by atoms with Gasteiger partial charge in [0.25, 0.3) is 0 Å². The highest BCUT2D eigenvalue weighted by atomic mass is 14.9. The van der Waals surface area contributed by atoms with E-state index in [4.69, 9.17) is 0 Å². The van der Waals surface area contributed by atoms with Crippen molar-refractivity contribution in [2.75, 3.05) is 0 Å². The summed E-state index contributed by atoms with van der Waals surface area (Å²) in [6.07, 6.45) is 7.34. The molecule has 0 spiro atoms. The Labute approximate surface area is 98.8 Å². The van der Waals surface area contributed by atoms with Crippen molar-refractivity contribution in [2.45, 2.75) is 45.7 Å². The average Bonchev–Trinajstić information content (AvgIpc) is 2.28. The van der Waals surface area contributed by atoms with Gasteiger partial charge in [0.15, 0.2) is 0 Å². The maximum Gasteiger partial charge on any atom is 0.0570 e. The predicted octanol–water partition coefficient (Wildman–Crippen LogP) is 3.22. The van der Waals surface area contributed by atoms with Crippen molar-refractivity contribution in [1.82, 2.24) is 10.3 Å². The number of rotatable bonds is 7. The molecule has 1 unspecified atom stereocenters. The molecule has 0 aromatic carbocycles. The van der Waals surface area contributed by atoms with Crippen LogP contribution in [0.2, 0.25) is 0 Å². The van der Waals surface area contributed by atoms with Crippen molar-refractivity contribution in [2.24, 2.45) is 0 Å². The van der Waals surface area contributed by atoms with Crippen molar-refractivity contribution in [1.29, 1.82) is 0 Å². The van der Waals surface area contributed by atoms with Crippen molar-refractivity contribution < 1.29 is 0 Å². The minimum absolute atomic E-state index is 0.543. The van der Waals surface area contributed by atoms with Gasteiger partial charge in [0.1, 0.15) is 0 Å². The fourth-order valence-corrected chi connectivity index (χ4v) is 1.64. The second kappa shape index (κ2) is 7.18. The van der Waals surface area contributed by atoms with Crippen LogP contribution in [-0.2, 0) is 6.54 Å². The van der Waals surface area contributed by atoms with Gasteiger partial charge in [-0.05, 0) is 44.7 Å². The minimum Gasteiger partial charge on any atom is -0.309 e. The van der Waals surface area contributed by atoms with Crippen molar-refractivity contribution in [3.05, 3.63) is 42.2 Å². The van der Waals surface area contributed by atoms with Crippen LogP contribution >= 0.6 is 0 Å². The first-order chi connectivity index (χ1) is 7.74. The van der Waals surface area contributed by atoms with E-state index in [9.17, 15) is 0 Å². The maximum absolute atomic E-state index is 4.37. The molecule has 0 aliphatic carbocycles. The highest BCUT2D eigenvalue weighted by molar-refractivity contribution is 5.17. The van der Waals surface area contributed by atoms with Crippen molar-refractivity contribution in [3.8, 4) is 0 Å². The lowest BCUT2D eigenvalue weighted by Gasteiger charge is -2.13. The van der Waals surface area contributed by atoms with E-state index in [1.165, 1.54) is 18.4 Å². The number of nitrogens with one attached hydrogen (secondary N) is 1. The summed E-state index contributed by atoms with van der Waals surface area (Å²) in [5.74, 6) is 0. The van der Waals surface area contributed by atoms with Gasteiger partial charge in [-0.1, -0.05) is 12.1 Å². The van der Waals surface area contributed by atoms with Gasteiger partial charge in [-0.15, -0.1) is 6.58 Å². The molecular weight excluding hydrogens is 196 g/mol. The molecule has 0 bridgehead atoms. The zero-order valence-electron chi connectivity index (χ0n) is 10.4. The highest BCUT2D eigenvalue weighted by Gasteiger charge is 2.03. The standard InChI is InChI=1S/C14H22N2/c1-4-5-6-9-13(3)16-11-14-12(2)8-7-10-15-14/h4,7-8,10,13,16H,1,5-6,9,11H2,2-3H3. The molecule has 1 aromatic heterocycles. The predicted molar refractivity (Wildman–Crippen MR) is 69.3 cm³/mol. The van der Waals surface area contributed by atoms with Crippen LogP contribution < -0.4 is 5.32 Å². The normalized spacial score (nSPS) is 12.4. The summed E-state index contributed by atoms with van der Waals surface area (Å²) in [5, 5.41) is 3.50. The lowest BCUT2D eigenvalue weighted by molar-refractivity contribution is 0.495. The average molecular weight is 218 g/mol. The topological polar surface area (TPSA) is 24.9 Å². The zero-order chi connectivity index (χ0) is 11.8. The van der Waals surface area contributed by atoms with Crippen LogP contribution in [0.5, 0.6) is 0 Å². The summed E-state index contributed by atoms with van der Waals surface area (Å²) in [6.45, 7) is 8.92. The number of allylic oxidation sites excluding steroid dienone is 1. The van der Waals surface area contributed by atoms with Crippen LogP contribution in [0, 0.1) is 6.92 Å². The Morgan fingerprint density at radius 2 is 2.38 bits per heavy atom. The Morgan fingerprint density at radius 1 is 1.56 bits per heavy atom. The minimum atomic E-state index is 0.543. The van der Waals surface area contributed by atoms with Crippen LogP contribution in [0.15, 0.2) is 31.0 Å². The van der Waals surface area contributed by atoms with Crippen LogP contribution in [0.4, 0.5) is 0 Å². The Balaban J connectivity index is 2.28. The second-order valence-electron chi connectivity index (χ2n) is 4.27. The van der Waals surface area contributed by atoms with Gasteiger partial charge in [0.2, 0.25) is 0 Å². The van der Waals surface area contributed by atoms with Gasteiger partial charge >= 0.3 is 0 Å². The van der Waals surface area contributed by atoms with E-state index in [0.29, 0.717) is 6.04 Å². The van der Waals surface area contributed by atoms with Gasteiger partial charge in [-0.25, -0.2) is 0 Å². The van der Waals surface area contributed by atoms with E-state index < -0.39 is 0 Å². The summed E-state index contributed by atoms with van der Waals surface area (Å²) in [7, 11) is 0. The van der Waals surface area contributed by atoms with E-state index in [1.54, 1.807) is 0 Å². The molecule has 1 aromatic rings. The molecule has 0 radical (unpaired) electrons. The Morgan fingerprint density at radius 3 is 3.06 bits per heavy atom. The van der Waals surface area contributed by atoms with Crippen LogP contribution in [0.25, 0.3) is 0 Å². The van der Waals surface area contributed by atoms with Gasteiger partial charge in [-0.3, -0.25) is 4.98 Å². The summed E-state index contributed by atoms with van der Waals surface area (Å²) < 4.78 is 0. The van der Waals surface area contributed by atoms with Gasteiger partial charge in [0.05, 0.1) is 5.69 Å². The van der Waals surface area contributed by atoms with Crippen molar-refractivity contribution >= 4 is 0 Å². The van der Waals surface area contributed by atoms with Gasteiger partial charge < -0.3 is 5.32 Å². The zero-order valence-corrected chi connectivity index (χ0v) is 10.4. The number of hydrogen-bond acceptors (Lipinski definition) is 2. The molecule has 0 fully saturated rings. The van der Waals surface area contributed by atoms with E-state index in [-0.39, 0.29) is 0 Å². The lowest BCUT2D eigenvalue weighted by atomic mass is 10.1. The molecule has 0 amide bonds. The summed E-state index contributed by atoms with van der Waals surface area (Å²) in [5.41, 5.74) is 2.41. The Bertz CT molecular complexity index is 320. The number of pyridine rings is 1. The Kier molecular flexibility index (Phi) is 5.79. The lowest BCUT2D eigenvalue weighted by Crippen LogP contribution is -2.26. The second-order valence-corrected chi connectivity index (χ2v) is 4.27. The van der Waals surface area contributed by atoms with Gasteiger partial charge in [0, 0.05) is 18.8 Å². The monoisotopic (exact) mass is 218 g/mol. The number of aryl methyl sites for hydroxylation is 1. The largest absolute Gasteiger partial charge is 0.309 e. The molecule has 0 saturated carbocycles.